The van der Waals surface area contributed by atoms with Crippen LogP contribution in [0.3, 0.4) is 0 Å². The molecule has 1 aromatic rings. The molecule has 0 saturated carbocycles. The molecule has 0 radical (unpaired) electrons. The Labute approximate surface area is 88.4 Å². The van der Waals surface area contributed by atoms with Crippen molar-refractivity contribution in [3.63, 3.8) is 0 Å². The second-order valence-corrected chi connectivity index (χ2v) is 3.68. The highest BCUT2D eigenvalue weighted by molar-refractivity contribution is 5.64. The van der Waals surface area contributed by atoms with Gasteiger partial charge in [-0.3, -0.25) is 0 Å². The van der Waals surface area contributed by atoms with Crippen LogP contribution in [0.4, 0.5) is 4.79 Å². The van der Waals surface area contributed by atoms with E-state index in [0.717, 1.165) is 13.0 Å². The first-order valence-corrected chi connectivity index (χ1v) is 4.98. The van der Waals surface area contributed by atoms with Gasteiger partial charge in [-0.05, 0) is 17.5 Å². The summed E-state index contributed by atoms with van der Waals surface area (Å²) in [5.74, 6) is 0. The lowest BCUT2D eigenvalue weighted by Crippen LogP contribution is -2.40. The molecule has 0 aliphatic carbocycles. The maximum Gasteiger partial charge on any atom is 0.404 e. The molecule has 1 aliphatic heterocycles. The van der Waals surface area contributed by atoms with Crippen molar-refractivity contribution in [2.24, 2.45) is 5.73 Å². The maximum atomic E-state index is 10.5. The Kier molecular flexibility index (Phi) is 2.87. The van der Waals surface area contributed by atoms with E-state index < -0.39 is 6.09 Å². The average molecular weight is 206 g/mol. The number of primary amides is 1. The number of carbonyl (C=O) groups is 1. The number of hydrogen-bond donors (Lipinski definition) is 2. The predicted octanol–water partition coefficient (Wildman–Crippen LogP) is 0.796. The Hall–Kier alpha value is -1.55. The second-order valence-electron chi connectivity index (χ2n) is 3.68. The Morgan fingerprint density at radius 3 is 2.93 bits per heavy atom. The molecule has 4 heteroatoms. The van der Waals surface area contributed by atoms with Gasteiger partial charge in [0.1, 0.15) is 6.61 Å². The third-order valence-corrected chi connectivity index (χ3v) is 2.59. The third-order valence-electron chi connectivity index (χ3n) is 2.59. The van der Waals surface area contributed by atoms with Gasteiger partial charge in [-0.15, -0.1) is 0 Å². The van der Waals surface area contributed by atoms with Crippen LogP contribution in [0, 0.1) is 0 Å². The molecule has 1 aromatic carbocycles. The first-order chi connectivity index (χ1) is 7.25. The highest BCUT2D eigenvalue weighted by Crippen LogP contribution is 2.16. The van der Waals surface area contributed by atoms with E-state index in [1.807, 2.05) is 12.1 Å². The van der Waals surface area contributed by atoms with Gasteiger partial charge < -0.3 is 15.8 Å². The molecule has 1 atom stereocenters. The van der Waals surface area contributed by atoms with Gasteiger partial charge in [-0.25, -0.2) is 4.79 Å². The fourth-order valence-electron chi connectivity index (χ4n) is 1.82. The maximum absolute atomic E-state index is 10.5. The van der Waals surface area contributed by atoms with E-state index in [1.54, 1.807) is 0 Å². The second kappa shape index (κ2) is 4.31. The molecular weight excluding hydrogens is 192 g/mol. The largest absolute Gasteiger partial charge is 0.448 e. The van der Waals surface area contributed by atoms with Gasteiger partial charge in [-0.2, -0.15) is 0 Å². The zero-order valence-electron chi connectivity index (χ0n) is 8.40. The van der Waals surface area contributed by atoms with Crippen LogP contribution in [0.1, 0.15) is 11.1 Å². The van der Waals surface area contributed by atoms with Crippen molar-refractivity contribution in [1.82, 2.24) is 5.32 Å². The zero-order valence-corrected chi connectivity index (χ0v) is 8.40. The zero-order chi connectivity index (χ0) is 10.7. The Bertz CT molecular complexity index is 365. The molecule has 80 valence electrons. The summed E-state index contributed by atoms with van der Waals surface area (Å²) >= 11 is 0. The number of hydrogen-bond acceptors (Lipinski definition) is 3. The minimum absolute atomic E-state index is 0.174. The summed E-state index contributed by atoms with van der Waals surface area (Å²) in [6, 6.07) is 8.44. The van der Waals surface area contributed by atoms with Crippen LogP contribution in [0.15, 0.2) is 24.3 Å². The van der Waals surface area contributed by atoms with Gasteiger partial charge in [0.25, 0.3) is 0 Å². The fourth-order valence-corrected chi connectivity index (χ4v) is 1.82. The molecule has 3 N–H and O–H groups in total. The number of carbonyl (C=O) groups excluding carboxylic acids is 1. The molecule has 1 heterocycles. The van der Waals surface area contributed by atoms with Crippen molar-refractivity contribution in [1.29, 1.82) is 0 Å². The van der Waals surface area contributed by atoms with Crippen molar-refractivity contribution >= 4 is 6.09 Å². The van der Waals surface area contributed by atoms with Gasteiger partial charge >= 0.3 is 6.09 Å². The molecule has 0 aromatic heterocycles. The average Bonchev–Trinajstić information content (AvgIpc) is 2.26. The summed E-state index contributed by atoms with van der Waals surface area (Å²) < 4.78 is 4.77. The fraction of sp³-hybridized carbons (Fsp3) is 0.364. The number of nitrogens with one attached hydrogen (secondary N) is 1. The third kappa shape index (κ3) is 2.47. The minimum Gasteiger partial charge on any atom is -0.448 e. The van der Waals surface area contributed by atoms with E-state index >= 15 is 0 Å². The lowest BCUT2D eigenvalue weighted by molar-refractivity contribution is 0.141. The molecule has 2 rings (SSSR count). The van der Waals surface area contributed by atoms with Crippen LogP contribution in [0.2, 0.25) is 0 Å². The van der Waals surface area contributed by atoms with E-state index in [2.05, 4.69) is 17.4 Å². The Morgan fingerprint density at radius 2 is 2.20 bits per heavy atom. The van der Waals surface area contributed by atoms with Gasteiger partial charge in [0.2, 0.25) is 0 Å². The van der Waals surface area contributed by atoms with Gasteiger partial charge in [0.05, 0.1) is 0 Å². The van der Waals surface area contributed by atoms with Crippen molar-refractivity contribution in [2.45, 2.75) is 19.0 Å². The molecule has 0 spiro atoms. The summed E-state index contributed by atoms with van der Waals surface area (Å²) in [5, 5.41) is 3.30. The summed E-state index contributed by atoms with van der Waals surface area (Å²) in [4.78, 5) is 10.5. The standard InChI is InChI=1S/C11H14N2O2/c12-11(14)15-7-10-5-8-3-1-2-4-9(8)6-13-10/h1-4,10,13H,5-7H2,(H2,12,14). The van der Waals surface area contributed by atoms with E-state index in [4.69, 9.17) is 10.5 Å². The van der Waals surface area contributed by atoms with Crippen molar-refractivity contribution in [3.05, 3.63) is 35.4 Å². The summed E-state index contributed by atoms with van der Waals surface area (Å²) in [6.07, 6.45) is 0.166. The number of fused-ring (bicyclic) bond motifs is 1. The van der Waals surface area contributed by atoms with Crippen molar-refractivity contribution in [2.75, 3.05) is 6.61 Å². The topological polar surface area (TPSA) is 64.4 Å². The van der Waals surface area contributed by atoms with Crippen LogP contribution in [-0.4, -0.2) is 18.7 Å². The first-order valence-electron chi connectivity index (χ1n) is 4.98. The summed E-state index contributed by atoms with van der Waals surface area (Å²) in [7, 11) is 0. The Balaban J connectivity index is 1.96. The molecule has 0 fully saturated rings. The van der Waals surface area contributed by atoms with Crippen molar-refractivity contribution < 1.29 is 9.53 Å². The number of nitrogens with two attached hydrogens (primary N) is 1. The highest BCUT2D eigenvalue weighted by Gasteiger charge is 2.18. The predicted molar refractivity (Wildman–Crippen MR) is 56.3 cm³/mol. The normalized spacial score (nSPS) is 19.3. The number of ether oxygens (including phenoxy) is 1. The van der Waals surface area contributed by atoms with E-state index in [9.17, 15) is 4.79 Å². The smallest absolute Gasteiger partial charge is 0.404 e. The molecule has 0 bridgehead atoms. The first kappa shape index (κ1) is 9.98. The van der Waals surface area contributed by atoms with Gasteiger partial charge in [0, 0.05) is 12.6 Å². The molecular formula is C11H14N2O2. The van der Waals surface area contributed by atoms with Crippen LogP contribution in [0.5, 0.6) is 0 Å². The Morgan fingerprint density at radius 1 is 1.47 bits per heavy atom. The van der Waals surface area contributed by atoms with E-state index in [-0.39, 0.29) is 6.04 Å². The van der Waals surface area contributed by atoms with Gasteiger partial charge in [-0.1, -0.05) is 24.3 Å². The highest BCUT2D eigenvalue weighted by atomic mass is 16.5. The van der Waals surface area contributed by atoms with Crippen LogP contribution >= 0.6 is 0 Å². The quantitative estimate of drug-likeness (QED) is 0.752. The van der Waals surface area contributed by atoms with Crippen LogP contribution in [0.25, 0.3) is 0 Å². The lowest BCUT2D eigenvalue weighted by atomic mass is 9.96. The molecule has 1 amide bonds. The van der Waals surface area contributed by atoms with Gasteiger partial charge in [0.15, 0.2) is 0 Å². The monoisotopic (exact) mass is 206 g/mol. The van der Waals surface area contributed by atoms with Crippen molar-refractivity contribution in [3.8, 4) is 0 Å². The minimum atomic E-state index is -0.712. The molecule has 4 nitrogen and oxygen atoms in total. The number of amides is 1. The van der Waals surface area contributed by atoms with E-state index in [0.29, 0.717) is 6.61 Å². The molecule has 15 heavy (non-hydrogen) atoms. The molecule has 0 saturated heterocycles. The molecule has 1 aliphatic rings. The molecule has 1 unspecified atom stereocenters. The van der Waals surface area contributed by atoms with Crippen LogP contribution < -0.4 is 11.1 Å². The lowest BCUT2D eigenvalue weighted by Gasteiger charge is -2.25. The summed E-state index contributed by atoms with van der Waals surface area (Å²) in [5.41, 5.74) is 7.54. The van der Waals surface area contributed by atoms with Crippen LogP contribution in [-0.2, 0) is 17.7 Å². The number of rotatable bonds is 2. The summed E-state index contributed by atoms with van der Waals surface area (Å²) in [6.45, 7) is 1.16. The SMILES string of the molecule is NC(=O)OCC1Cc2ccccc2CN1. The number of benzene rings is 1. The van der Waals surface area contributed by atoms with E-state index in [1.165, 1.54) is 11.1 Å².